The van der Waals surface area contributed by atoms with E-state index in [1.54, 1.807) is 6.07 Å². The van der Waals surface area contributed by atoms with E-state index in [0.717, 1.165) is 25.9 Å². The number of piperidine rings is 1. The summed E-state index contributed by atoms with van der Waals surface area (Å²) in [6, 6.07) is 3.08. The summed E-state index contributed by atoms with van der Waals surface area (Å²) in [5, 5.41) is 13.0. The minimum atomic E-state index is -0.328. The number of hydrogen-bond acceptors (Lipinski definition) is 2. The fraction of sp³-hybridized carbons (Fsp3) is 0.500. The van der Waals surface area contributed by atoms with E-state index in [2.05, 4.69) is 21.2 Å². The van der Waals surface area contributed by atoms with Crippen LogP contribution in [0.5, 0.6) is 5.75 Å². The van der Waals surface area contributed by atoms with Crippen LogP contribution in [0.3, 0.4) is 0 Å². The van der Waals surface area contributed by atoms with E-state index >= 15 is 0 Å². The van der Waals surface area contributed by atoms with E-state index in [9.17, 15) is 9.50 Å². The maximum atomic E-state index is 13.8. The molecule has 1 atom stereocenters. The van der Waals surface area contributed by atoms with E-state index in [0.29, 0.717) is 22.4 Å². The highest BCUT2D eigenvalue weighted by molar-refractivity contribution is 9.10. The normalized spacial score (nSPS) is 21.0. The molecule has 0 amide bonds. The highest BCUT2D eigenvalue weighted by atomic mass is 79.9. The van der Waals surface area contributed by atoms with E-state index in [1.807, 2.05) is 0 Å². The van der Waals surface area contributed by atoms with E-state index in [1.165, 1.54) is 6.07 Å². The third-order valence-electron chi connectivity index (χ3n) is 3.06. The van der Waals surface area contributed by atoms with Crippen molar-refractivity contribution >= 4 is 15.9 Å². The van der Waals surface area contributed by atoms with Crippen LogP contribution in [-0.4, -0.2) is 18.2 Å². The first-order valence-corrected chi connectivity index (χ1v) is 6.34. The third kappa shape index (κ3) is 2.55. The zero-order valence-corrected chi connectivity index (χ0v) is 10.6. The minimum absolute atomic E-state index is 0.0614. The molecule has 0 aromatic heterocycles. The van der Waals surface area contributed by atoms with Gasteiger partial charge in [0, 0.05) is 5.56 Å². The van der Waals surface area contributed by atoms with Crippen molar-refractivity contribution in [3.8, 4) is 5.75 Å². The molecular weight excluding hydrogens is 273 g/mol. The Bertz CT molecular complexity index is 378. The van der Waals surface area contributed by atoms with Crippen LogP contribution in [0.25, 0.3) is 0 Å². The summed E-state index contributed by atoms with van der Waals surface area (Å²) >= 11 is 3.14. The van der Waals surface area contributed by atoms with Crippen molar-refractivity contribution in [1.82, 2.24) is 5.32 Å². The maximum Gasteiger partial charge on any atom is 0.144 e. The number of phenolic OH excluding ortho intramolecular Hbond substituents is 1. The van der Waals surface area contributed by atoms with Crippen LogP contribution in [0, 0.1) is 11.7 Å². The maximum absolute atomic E-state index is 13.8. The lowest BCUT2D eigenvalue weighted by Gasteiger charge is -2.23. The first-order chi connectivity index (χ1) is 7.68. The Morgan fingerprint density at radius 1 is 1.50 bits per heavy atom. The molecule has 88 valence electrons. The van der Waals surface area contributed by atoms with Crippen LogP contribution in [0.1, 0.15) is 18.4 Å². The highest BCUT2D eigenvalue weighted by Gasteiger charge is 2.19. The Kier molecular flexibility index (Phi) is 3.82. The smallest absolute Gasteiger partial charge is 0.144 e. The van der Waals surface area contributed by atoms with Gasteiger partial charge in [0.2, 0.25) is 0 Å². The molecule has 1 heterocycles. The van der Waals surface area contributed by atoms with Gasteiger partial charge in [0.05, 0.1) is 4.47 Å². The zero-order chi connectivity index (χ0) is 11.5. The van der Waals surface area contributed by atoms with Crippen LogP contribution >= 0.6 is 15.9 Å². The molecule has 1 aliphatic heterocycles. The van der Waals surface area contributed by atoms with Gasteiger partial charge in [-0.2, -0.15) is 0 Å². The fourth-order valence-corrected chi connectivity index (χ4v) is 2.53. The van der Waals surface area contributed by atoms with Gasteiger partial charge in [-0.05, 0) is 66.3 Å². The van der Waals surface area contributed by atoms with Gasteiger partial charge in [-0.1, -0.05) is 0 Å². The summed E-state index contributed by atoms with van der Waals surface area (Å²) in [4.78, 5) is 0. The number of nitrogens with one attached hydrogen (secondary N) is 1. The molecule has 2 nitrogen and oxygen atoms in total. The van der Waals surface area contributed by atoms with Crippen LogP contribution in [0.4, 0.5) is 4.39 Å². The molecule has 0 radical (unpaired) electrons. The zero-order valence-electron chi connectivity index (χ0n) is 8.97. The van der Waals surface area contributed by atoms with Gasteiger partial charge in [0.25, 0.3) is 0 Å². The van der Waals surface area contributed by atoms with Crippen molar-refractivity contribution in [1.29, 1.82) is 0 Å². The van der Waals surface area contributed by atoms with Crippen molar-refractivity contribution in [2.24, 2.45) is 5.92 Å². The van der Waals surface area contributed by atoms with Crippen LogP contribution in [0.15, 0.2) is 16.6 Å². The van der Waals surface area contributed by atoms with Crippen LogP contribution in [0.2, 0.25) is 0 Å². The molecule has 0 bridgehead atoms. The second-order valence-corrected chi connectivity index (χ2v) is 5.13. The molecule has 16 heavy (non-hydrogen) atoms. The molecule has 1 unspecified atom stereocenters. The molecule has 1 aromatic rings. The topological polar surface area (TPSA) is 32.3 Å². The Balaban J connectivity index is 2.16. The van der Waals surface area contributed by atoms with Crippen molar-refractivity contribution in [3.63, 3.8) is 0 Å². The van der Waals surface area contributed by atoms with Gasteiger partial charge < -0.3 is 10.4 Å². The minimum Gasteiger partial charge on any atom is -0.508 e. The average Bonchev–Trinajstić information content (AvgIpc) is 2.31. The van der Waals surface area contributed by atoms with Gasteiger partial charge in [-0.25, -0.2) is 4.39 Å². The summed E-state index contributed by atoms with van der Waals surface area (Å²) in [7, 11) is 0. The van der Waals surface area contributed by atoms with Crippen LogP contribution < -0.4 is 5.32 Å². The second-order valence-electron chi connectivity index (χ2n) is 4.28. The lowest BCUT2D eigenvalue weighted by atomic mass is 9.92. The molecule has 4 heteroatoms. The third-order valence-corrected chi connectivity index (χ3v) is 3.68. The predicted octanol–water partition coefficient (Wildman–Crippen LogP) is 2.84. The summed E-state index contributed by atoms with van der Waals surface area (Å²) in [5.74, 6) is 0.153. The highest BCUT2D eigenvalue weighted by Crippen LogP contribution is 2.30. The quantitative estimate of drug-likeness (QED) is 0.877. The summed E-state index contributed by atoms with van der Waals surface area (Å²) in [6.07, 6.45) is 2.82. The summed E-state index contributed by atoms with van der Waals surface area (Å²) < 4.78 is 14.2. The van der Waals surface area contributed by atoms with Gasteiger partial charge in [-0.15, -0.1) is 0 Å². The van der Waals surface area contributed by atoms with E-state index in [4.69, 9.17) is 0 Å². The monoisotopic (exact) mass is 287 g/mol. The lowest BCUT2D eigenvalue weighted by Crippen LogP contribution is -2.31. The van der Waals surface area contributed by atoms with Gasteiger partial charge in [-0.3, -0.25) is 0 Å². The van der Waals surface area contributed by atoms with E-state index < -0.39 is 0 Å². The number of rotatable bonds is 2. The van der Waals surface area contributed by atoms with Crippen molar-refractivity contribution < 1.29 is 9.50 Å². The van der Waals surface area contributed by atoms with Crippen LogP contribution in [-0.2, 0) is 6.42 Å². The fourth-order valence-electron chi connectivity index (χ4n) is 2.16. The van der Waals surface area contributed by atoms with Crippen molar-refractivity contribution in [2.75, 3.05) is 13.1 Å². The number of benzene rings is 1. The lowest BCUT2D eigenvalue weighted by molar-refractivity contribution is 0.364. The Labute approximate surface area is 103 Å². The number of halogens is 2. The van der Waals surface area contributed by atoms with Crippen molar-refractivity contribution in [3.05, 3.63) is 28.0 Å². The Hall–Kier alpha value is -0.610. The number of aromatic hydroxyl groups is 1. The van der Waals surface area contributed by atoms with Crippen molar-refractivity contribution in [2.45, 2.75) is 19.3 Å². The molecular formula is C12H15BrFNO. The Morgan fingerprint density at radius 2 is 2.31 bits per heavy atom. The van der Waals surface area contributed by atoms with Gasteiger partial charge in [0.1, 0.15) is 11.6 Å². The van der Waals surface area contributed by atoms with E-state index in [-0.39, 0.29) is 11.6 Å². The SMILES string of the molecule is Oc1ccc(Br)c(F)c1CC1CCCNC1. The largest absolute Gasteiger partial charge is 0.508 e. The van der Waals surface area contributed by atoms with Gasteiger partial charge in [0.15, 0.2) is 0 Å². The summed E-state index contributed by atoms with van der Waals surface area (Å²) in [5.41, 5.74) is 0.433. The first kappa shape index (κ1) is 11.9. The average molecular weight is 288 g/mol. The number of hydrogen-bond donors (Lipinski definition) is 2. The molecule has 0 saturated carbocycles. The molecule has 1 aliphatic rings. The summed E-state index contributed by atoms with van der Waals surface area (Å²) in [6.45, 7) is 1.95. The molecule has 1 aromatic carbocycles. The Morgan fingerprint density at radius 3 is 3.00 bits per heavy atom. The molecule has 0 aliphatic carbocycles. The first-order valence-electron chi connectivity index (χ1n) is 5.55. The molecule has 2 N–H and O–H groups in total. The molecule has 1 saturated heterocycles. The molecule has 0 spiro atoms. The molecule has 2 rings (SSSR count). The standard InChI is InChI=1S/C12H15BrFNO/c13-10-3-4-11(16)9(12(10)14)6-8-2-1-5-15-7-8/h3-4,8,15-16H,1-2,5-7H2. The second kappa shape index (κ2) is 5.15. The number of phenols is 1. The van der Waals surface area contributed by atoms with Gasteiger partial charge >= 0.3 is 0 Å². The predicted molar refractivity (Wildman–Crippen MR) is 65.1 cm³/mol. The molecule has 1 fully saturated rings.